The van der Waals surface area contributed by atoms with Gasteiger partial charge in [0.15, 0.2) is 11.5 Å². The average Bonchev–Trinajstić information content (AvgIpc) is 2.60. The van der Waals surface area contributed by atoms with Crippen molar-refractivity contribution in [1.82, 2.24) is 0 Å². The number of nitrogens with zero attached hydrogens (tertiary/aromatic N) is 1. The second-order valence-electron chi connectivity index (χ2n) is 5.05. The summed E-state index contributed by atoms with van der Waals surface area (Å²) in [7, 11) is 4.86. The Morgan fingerprint density at radius 1 is 1.08 bits per heavy atom. The Kier molecular flexibility index (Phi) is 6.49. The number of hydrogen-bond donors (Lipinski definition) is 0. The van der Waals surface area contributed by atoms with Crippen molar-refractivity contribution in [3.63, 3.8) is 0 Å². The summed E-state index contributed by atoms with van der Waals surface area (Å²) in [5, 5.41) is 0. The number of carbonyl (C=O) groups excluding carboxylic acids is 1. The highest BCUT2D eigenvalue weighted by Crippen LogP contribution is 2.31. The Balaban J connectivity index is 1.94. The molecule has 0 atom stereocenters. The van der Waals surface area contributed by atoms with E-state index in [-0.39, 0.29) is 12.3 Å². The van der Waals surface area contributed by atoms with E-state index in [1.165, 1.54) is 0 Å². The van der Waals surface area contributed by atoms with Crippen molar-refractivity contribution >= 4 is 27.5 Å². The lowest BCUT2D eigenvalue weighted by molar-refractivity contribution is -0.118. The highest BCUT2D eigenvalue weighted by Gasteiger charge is 2.14. The van der Waals surface area contributed by atoms with Crippen LogP contribution in [0.1, 0.15) is 6.42 Å². The molecule has 24 heavy (non-hydrogen) atoms. The second kappa shape index (κ2) is 8.59. The van der Waals surface area contributed by atoms with Crippen molar-refractivity contribution in [3.05, 3.63) is 46.9 Å². The van der Waals surface area contributed by atoms with E-state index in [2.05, 4.69) is 15.9 Å². The Bertz CT molecular complexity index is 705. The molecule has 0 bridgehead atoms. The van der Waals surface area contributed by atoms with Gasteiger partial charge in [-0.05, 0) is 30.3 Å². The van der Waals surface area contributed by atoms with E-state index >= 15 is 0 Å². The van der Waals surface area contributed by atoms with Crippen LogP contribution in [0.4, 0.5) is 5.69 Å². The minimum absolute atomic E-state index is 0.0442. The number of carbonyl (C=O) groups is 1. The van der Waals surface area contributed by atoms with Gasteiger partial charge in [-0.1, -0.05) is 22.0 Å². The number of amides is 1. The van der Waals surface area contributed by atoms with Crippen molar-refractivity contribution in [2.75, 3.05) is 32.8 Å². The lowest BCUT2D eigenvalue weighted by atomic mass is 10.2. The van der Waals surface area contributed by atoms with Gasteiger partial charge >= 0.3 is 0 Å². The van der Waals surface area contributed by atoms with Crippen LogP contribution >= 0.6 is 15.9 Å². The molecule has 0 saturated heterocycles. The molecule has 0 aromatic heterocycles. The largest absolute Gasteiger partial charge is 0.493 e. The fourth-order valence-electron chi connectivity index (χ4n) is 2.16. The summed E-state index contributed by atoms with van der Waals surface area (Å²) in [6, 6.07) is 12.9. The van der Waals surface area contributed by atoms with Crippen molar-refractivity contribution in [2.45, 2.75) is 6.42 Å². The first-order valence-electron chi connectivity index (χ1n) is 7.42. The zero-order chi connectivity index (χ0) is 17.5. The third-order valence-electron chi connectivity index (χ3n) is 3.51. The molecule has 0 fully saturated rings. The van der Waals surface area contributed by atoms with Crippen LogP contribution in [0, 0.1) is 0 Å². The third-order valence-corrected chi connectivity index (χ3v) is 4.00. The topological polar surface area (TPSA) is 48.0 Å². The molecule has 2 aromatic rings. The minimum atomic E-state index is -0.0442. The van der Waals surface area contributed by atoms with Crippen LogP contribution in [-0.2, 0) is 4.79 Å². The molecule has 1 amide bonds. The summed E-state index contributed by atoms with van der Waals surface area (Å²) in [4.78, 5) is 13.9. The molecule has 6 heteroatoms. The standard InChI is InChI=1S/C18H20BrNO4/c1-20(14-7-8-16(22-2)17(12-14)23-3)18(21)9-10-24-15-6-4-5-13(19)11-15/h4-8,11-12H,9-10H2,1-3H3. The highest BCUT2D eigenvalue weighted by molar-refractivity contribution is 9.10. The second-order valence-corrected chi connectivity index (χ2v) is 5.96. The van der Waals surface area contributed by atoms with Crippen molar-refractivity contribution < 1.29 is 19.0 Å². The maximum atomic E-state index is 12.3. The summed E-state index contributed by atoms with van der Waals surface area (Å²) in [5.74, 6) is 1.89. The van der Waals surface area contributed by atoms with Gasteiger partial charge in [0.05, 0.1) is 27.2 Å². The van der Waals surface area contributed by atoms with E-state index in [9.17, 15) is 4.79 Å². The molecule has 5 nitrogen and oxygen atoms in total. The molecule has 0 aliphatic rings. The summed E-state index contributed by atoms with van der Waals surface area (Å²) >= 11 is 3.38. The van der Waals surface area contributed by atoms with E-state index in [1.807, 2.05) is 30.3 Å². The normalized spacial score (nSPS) is 10.2. The van der Waals surface area contributed by atoms with Crippen LogP contribution in [0.25, 0.3) is 0 Å². The Hall–Kier alpha value is -2.21. The summed E-state index contributed by atoms with van der Waals surface area (Å²) < 4.78 is 17.0. The molecule has 2 aromatic carbocycles. The Labute approximate surface area is 150 Å². The maximum Gasteiger partial charge on any atom is 0.230 e. The first-order valence-corrected chi connectivity index (χ1v) is 8.21. The highest BCUT2D eigenvalue weighted by atomic mass is 79.9. The monoisotopic (exact) mass is 393 g/mol. The van der Waals surface area contributed by atoms with Crippen LogP contribution < -0.4 is 19.1 Å². The van der Waals surface area contributed by atoms with E-state index in [4.69, 9.17) is 14.2 Å². The van der Waals surface area contributed by atoms with Gasteiger partial charge in [0.2, 0.25) is 5.91 Å². The molecule has 128 valence electrons. The van der Waals surface area contributed by atoms with E-state index in [0.29, 0.717) is 18.1 Å². The first kappa shape index (κ1) is 18.1. The lowest BCUT2D eigenvalue weighted by Gasteiger charge is -2.19. The summed E-state index contributed by atoms with van der Waals surface area (Å²) in [5.41, 5.74) is 0.736. The number of anilines is 1. The molecule has 0 spiro atoms. The summed E-state index contributed by atoms with van der Waals surface area (Å²) in [6.07, 6.45) is 0.275. The Morgan fingerprint density at radius 2 is 1.83 bits per heavy atom. The van der Waals surface area contributed by atoms with Crippen LogP contribution in [0.3, 0.4) is 0 Å². The van der Waals surface area contributed by atoms with Crippen molar-refractivity contribution in [1.29, 1.82) is 0 Å². The van der Waals surface area contributed by atoms with E-state index < -0.39 is 0 Å². The third kappa shape index (κ3) is 4.64. The number of halogens is 1. The Morgan fingerprint density at radius 3 is 2.50 bits per heavy atom. The van der Waals surface area contributed by atoms with Crippen LogP contribution in [-0.4, -0.2) is 33.8 Å². The SMILES string of the molecule is COc1ccc(N(C)C(=O)CCOc2cccc(Br)c2)cc1OC. The molecule has 0 heterocycles. The van der Waals surface area contributed by atoms with Crippen molar-refractivity contribution in [2.24, 2.45) is 0 Å². The molecular formula is C18H20BrNO4. The molecular weight excluding hydrogens is 374 g/mol. The van der Waals surface area contributed by atoms with Gasteiger partial charge in [0.1, 0.15) is 5.75 Å². The van der Waals surface area contributed by atoms with Gasteiger partial charge in [0.25, 0.3) is 0 Å². The molecule has 0 unspecified atom stereocenters. The number of ether oxygens (including phenoxy) is 3. The molecule has 2 rings (SSSR count). The predicted molar refractivity (Wildman–Crippen MR) is 97.2 cm³/mol. The summed E-state index contributed by atoms with van der Waals surface area (Å²) in [6.45, 7) is 0.312. The zero-order valence-corrected chi connectivity index (χ0v) is 15.5. The van der Waals surface area contributed by atoms with Gasteiger partial charge in [-0.2, -0.15) is 0 Å². The molecule has 0 saturated carbocycles. The fourth-order valence-corrected chi connectivity index (χ4v) is 2.54. The molecule has 0 aliphatic carbocycles. The van der Waals surface area contributed by atoms with Gasteiger partial charge < -0.3 is 19.1 Å². The van der Waals surface area contributed by atoms with Gasteiger partial charge in [-0.15, -0.1) is 0 Å². The van der Waals surface area contributed by atoms with E-state index in [1.54, 1.807) is 38.3 Å². The van der Waals surface area contributed by atoms with Crippen LogP contribution in [0.5, 0.6) is 17.2 Å². The number of rotatable bonds is 7. The molecule has 0 N–H and O–H groups in total. The van der Waals surface area contributed by atoms with E-state index in [0.717, 1.165) is 15.9 Å². The number of hydrogen-bond acceptors (Lipinski definition) is 4. The average molecular weight is 394 g/mol. The van der Waals surface area contributed by atoms with Crippen LogP contribution in [0.15, 0.2) is 46.9 Å². The number of benzene rings is 2. The van der Waals surface area contributed by atoms with Gasteiger partial charge in [0, 0.05) is 23.3 Å². The lowest BCUT2D eigenvalue weighted by Crippen LogP contribution is -2.27. The smallest absolute Gasteiger partial charge is 0.230 e. The molecule has 0 radical (unpaired) electrons. The van der Waals surface area contributed by atoms with Crippen LogP contribution in [0.2, 0.25) is 0 Å². The van der Waals surface area contributed by atoms with Gasteiger partial charge in [-0.3, -0.25) is 4.79 Å². The fraction of sp³-hybridized carbons (Fsp3) is 0.278. The molecule has 0 aliphatic heterocycles. The first-order chi connectivity index (χ1) is 11.5. The maximum absolute atomic E-state index is 12.3. The number of methoxy groups -OCH3 is 2. The zero-order valence-electron chi connectivity index (χ0n) is 13.9. The van der Waals surface area contributed by atoms with Gasteiger partial charge in [-0.25, -0.2) is 0 Å². The predicted octanol–water partition coefficient (Wildman–Crippen LogP) is 3.90. The quantitative estimate of drug-likeness (QED) is 0.715. The van der Waals surface area contributed by atoms with Crippen molar-refractivity contribution in [3.8, 4) is 17.2 Å². The minimum Gasteiger partial charge on any atom is -0.493 e.